The van der Waals surface area contributed by atoms with E-state index in [0.717, 1.165) is 24.8 Å². The van der Waals surface area contributed by atoms with Crippen molar-refractivity contribution in [2.24, 2.45) is 5.92 Å². The zero-order valence-corrected chi connectivity index (χ0v) is 11.0. The highest BCUT2D eigenvalue weighted by molar-refractivity contribution is 5.39. The number of nitrogens with zero attached hydrogens (tertiary/aromatic N) is 2. The van der Waals surface area contributed by atoms with E-state index in [4.69, 9.17) is 0 Å². The maximum Gasteiger partial charge on any atom is 0.128 e. The number of piperidine rings is 1. The third kappa shape index (κ3) is 3.51. The molecule has 0 N–H and O–H groups in total. The molecule has 0 saturated carbocycles. The van der Waals surface area contributed by atoms with Crippen molar-refractivity contribution in [3.8, 4) is 0 Å². The van der Waals surface area contributed by atoms with Crippen molar-refractivity contribution in [1.29, 1.82) is 0 Å². The van der Waals surface area contributed by atoms with Gasteiger partial charge in [0.1, 0.15) is 5.82 Å². The summed E-state index contributed by atoms with van der Waals surface area (Å²) in [5, 5.41) is 0. The first-order valence-electron chi connectivity index (χ1n) is 6.43. The Morgan fingerprint density at radius 2 is 1.81 bits per heavy atom. The van der Waals surface area contributed by atoms with Crippen molar-refractivity contribution in [3.05, 3.63) is 23.9 Å². The molecule has 0 aromatic carbocycles. The number of hydrogen-bond donors (Lipinski definition) is 0. The minimum Gasteiger partial charge on any atom is -0.357 e. The maximum absolute atomic E-state index is 4.45. The molecule has 0 amide bonds. The Balaban J connectivity index is 0.000000606. The molecule has 1 aromatic heterocycles. The molecule has 16 heavy (non-hydrogen) atoms. The number of anilines is 1. The van der Waals surface area contributed by atoms with Gasteiger partial charge in [-0.25, -0.2) is 4.98 Å². The maximum atomic E-state index is 4.45. The highest BCUT2D eigenvalue weighted by atomic mass is 15.2. The van der Waals surface area contributed by atoms with Gasteiger partial charge in [-0.2, -0.15) is 0 Å². The number of rotatable bonds is 1. The van der Waals surface area contributed by atoms with E-state index in [0.29, 0.717) is 0 Å². The molecular weight excluding hydrogens is 196 g/mol. The smallest absolute Gasteiger partial charge is 0.128 e. The summed E-state index contributed by atoms with van der Waals surface area (Å²) in [5.74, 6) is 2.03. The van der Waals surface area contributed by atoms with E-state index in [-0.39, 0.29) is 0 Å². The van der Waals surface area contributed by atoms with E-state index >= 15 is 0 Å². The third-order valence-corrected chi connectivity index (χ3v) is 3.00. The molecule has 1 aliphatic rings. The zero-order chi connectivity index (χ0) is 12.0. The SMILES string of the molecule is CC.Cc1ccc(N2CCC(C)CC2)nc1. The molecule has 0 spiro atoms. The van der Waals surface area contributed by atoms with Gasteiger partial charge in [-0.15, -0.1) is 0 Å². The lowest BCUT2D eigenvalue weighted by atomic mass is 9.99. The standard InChI is InChI=1S/C12H18N2.C2H6/c1-10-5-7-14(8-6-10)12-4-3-11(2)9-13-12;1-2/h3-4,9-10H,5-8H2,1-2H3;1-2H3. The van der Waals surface area contributed by atoms with Gasteiger partial charge in [0.25, 0.3) is 0 Å². The fourth-order valence-corrected chi connectivity index (χ4v) is 1.88. The second-order valence-electron chi connectivity index (χ2n) is 4.36. The summed E-state index contributed by atoms with van der Waals surface area (Å²) in [6.45, 7) is 10.7. The Labute approximate surface area is 99.7 Å². The largest absolute Gasteiger partial charge is 0.357 e. The van der Waals surface area contributed by atoms with Crippen LogP contribution in [0, 0.1) is 12.8 Å². The quantitative estimate of drug-likeness (QED) is 0.718. The fourth-order valence-electron chi connectivity index (χ4n) is 1.88. The Hall–Kier alpha value is -1.05. The zero-order valence-electron chi connectivity index (χ0n) is 11.0. The van der Waals surface area contributed by atoms with Gasteiger partial charge >= 0.3 is 0 Å². The Bertz CT molecular complexity index is 284. The molecule has 0 unspecified atom stereocenters. The molecule has 1 saturated heterocycles. The molecule has 0 radical (unpaired) electrons. The van der Waals surface area contributed by atoms with E-state index < -0.39 is 0 Å². The molecule has 90 valence electrons. The fraction of sp³-hybridized carbons (Fsp3) is 0.643. The van der Waals surface area contributed by atoms with Crippen molar-refractivity contribution in [2.75, 3.05) is 18.0 Å². The van der Waals surface area contributed by atoms with Crippen molar-refractivity contribution in [1.82, 2.24) is 4.98 Å². The molecule has 0 aliphatic carbocycles. The van der Waals surface area contributed by atoms with Gasteiger partial charge in [-0.3, -0.25) is 0 Å². The van der Waals surface area contributed by atoms with Crippen LogP contribution in [0.5, 0.6) is 0 Å². The summed E-state index contributed by atoms with van der Waals surface area (Å²) >= 11 is 0. The van der Waals surface area contributed by atoms with Crippen LogP contribution in [0.3, 0.4) is 0 Å². The van der Waals surface area contributed by atoms with Crippen LogP contribution in [0.4, 0.5) is 5.82 Å². The van der Waals surface area contributed by atoms with Crippen molar-refractivity contribution in [2.45, 2.75) is 40.5 Å². The predicted molar refractivity (Wildman–Crippen MR) is 70.9 cm³/mol. The van der Waals surface area contributed by atoms with Gasteiger partial charge in [0.2, 0.25) is 0 Å². The average molecular weight is 220 g/mol. The van der Waals surface area contributed by atoms with Crippen LogP contribution >= 0.6 is 0 Å². The van der Waals surface area contributed by atoms with E-state index in [2.05, 4.69) is 35.9 Å². The van der Waals surface area contributed by atoms with Crippen molar-refractivity contribution in [3.63, 3.8) is 0 Å². The number of hydrogen-bond acceptors (Lipinski definition) is 2. The lowest BCUT2D eigenvalue weighted by Crippen LogP contribution is -2.33. The number of aromatic nitrogens is 1. The van der Waals surface area contributed by atoms with Crippen LogP contribution in [0.1, 0.15) is 39.2 Å². The molecule has 0 bridgehead atoms. The summed E-state index contributed by atoms with van der Waals surface area (Å²) in [4.78, 5) is 6.84. The molecular formula is C14H24N2. The number of pyridine rings is 1. The predicted octanol–water partition coefficient (Wildman–Crippen LogP) is 3.65. The third-order valence-electron chi connectivity index (χ3n) is 3.00. The van der Waals surface area contributed by atoms with Crippen LogP contribution in [-0.4, -0.2) is 18.1 Å². The minimum absolute atomic E-state index is 0.886. The molecule has 1 aromatic rings. The van der Waals surface area contributed by atoms with Gasteiger partial charge in [-0.1, -0.05) is 26.8 Å². The summed E-state index contributed by atoms with van der Waals surface area (Å²) in [6, 6.07) is 4.27. The van der Waals surface area contributed by atoms with Crippen LogP contribution < -0.4 is 4.90 Å². The van der Waals surface area contributed by atoms with Crippen LogP contribution in [0.2, 0.25) is 0 Å². The van der Waals surface area contributed by atoms with Gasteiger partial charge in [0.15, 0.2) is 0 Å². The van der Waals surface area contributed by atoms with Crippen molar-refractivity contribution < 1.29 is 0 Å². The van der Waals surface area contributed by atoms with E-state index in [9.17, 15) is 0 Å². The lowest BCUT2D eigenvalue weighted by molar-refractivity contribution is 0.436. The summed E-state index contributed by atoms with van der Waals surface area (Å²) in [5.41, 5.74) is 1.24. The van der Waals surface area contributed by atoms with Gasteiger partial charge in [-0.05, 0) is 37.3 Å². The first-order valence-corrected chi connectivity index (χ1v) is 6.43. The van der Waals surface area contributed by atoms with Crippen LogP contribution in [0.15, 0.2) is 18.3 Å². The average Bonchev–Trinajstić information content (AvgIpc) is 2.34. The summed E-state index contributed by atoms with van der Waals surface area (Å²) < 4.78 is 0. The monoisotopic (exact) mass is 220 g/mol. The van der Waals surface area contributed by atoms with E-state index in [1.54, 1.807) is 0 Å². The summed E-state index contributed by atoms with van der Waals surface area (Å²) in [6.07, 6.45) is 4.55. The van der Waals surface area contributed by atoms with Gasteiger partial charge < -0.3 is 4.90 Å². The first-order chi connectivity index (χ1) is 7.75. The van der Waals surface area contributed by atoms with Crippen molar-refractivity contribution >= 4 is 5.82 Å². The Morgan fingerprint density at radius 3 is 2.31 bits per heavy atom. The number of aryl methyl sites for hydroxylation is 1. The second-order valence-corrected chi connectivity index (χ2v) is 4.36. The van der Waals surface area contributed by atoms with Gasteiger partial charge in [0.05, 0.1) is 0 Å². The Morgan fingerprint density at radius 1 is 1.19 bits per heavy atom. The molecule has 2 heteroatoms. The summed E-state index contributed by atoms with van der Waals surface area (Å²) in [7, 11) is 0. The highest BCUT2D eigenvalue weighted by Gasteiger charge is 2.16. The van der Waals surface area contributed by atoms with Crippen LogP contribution in [-0.2, 0) is 0 Å². The van der Waals surface area contributed by atoms with E-state index in [1.165, 1.54) is 18.4 Å². The highest BCUT2D eigenvalue weighted by Crippen LogP contribution is 2.20. The second kappa shape index (κ2) is 6.51. The molecule has 0 atom stereocenters. The molecule has 1 fully saturated rings. The molecule has 2 rings (SSSR count). The van der Waals surface area contributed by atoms with Crippen LogP contribution in [0.25, 0.3) is 0 Å². The first kappa shape index (κ1) is 13.0. The minimum atomic E-state index is 0.886. The molecule has 2 nitrogen and oxygen atoms in total. The van der Waals surface area contributed by atoms with Gasteiger partial charge in [0, 0.05) is 19.3 Å². The molecule has 2 heterocycles. The lowest BCUT2D eigenvalue weighted by Gasteiger charge is -2.31. The van der Waals surface area contributed by atoms with E-state index in [1.807, 2.05) is 20.0 Å². The Kier molecular flexibility index (Phi) is 5.30. The normalized spacial score (nSPS) is 16.6. The topological polar surface area (TPSA) is 16.1 Å². The molecule has 1 aliphatic heterocycles.